The highest BCUT2D eigenvalue weighted by atomic mass is 16.5. The van der Waals surface area contributed by atoms with E-state index in [1.807, 2.05) is 12.1 Å². The Balaban J connectivity index is 2.28. The first kappa shape index (κ1) is 17.1. The number of hydrogen-bond donors (Lipinski definition) is 0. The molecule has 0 radical (unpaired) electrons. The zero-order valence-electron chi connectivity index (χ0n) is 14.7. The third-order valence-electron chi connectivity index (χ3n) is 4.19. The summed E-state index contributed by atoms with van der Waals surface area (Å²) >= 11 is 0. The Morgan fingerprint density at radius 1 is 1.09 bits per heavy atom. The summed E-state index contributed by atoms with van der Waals surface area (Å²) in [5.74, 6) is 0.682. The molecule has 0 fully saturated rings. The van der Waals surface area contributed by atoms with Crippen molar-refractivity contribution in [3.8, 4) is 11.8 Å². The Bertz CT molecular complexity index is 702. The monoisotopic (exact) mass is 307 g/mol. The van der Waals surface area contributed by atoms with Crippen LogP contribution in [0.3, 0.4) is 0 Å². The van der Waals surface area contributed by atoms with E-state index in [-0.39, 0.29) is 11.3 Å². The van der Waals surface area contributed by atoms with E-state index in [4.69, 9.17) is 4.74 Å². The first-order valence-corrected chi connectivity index (χ1v) is 7.98. The van der Waals surface area contributed by atoms with Crippen molar-refractivity contribution >= 4 is 0 Å². The van der Waals surface area contributed by atoms with Crippen molar-refractivity contribution in [1.29, 1.82) is 5.26 Å². The molecule has 0 amide bonds. The lowest BCUT2D eigenvalue weighted by Crippen LogP contribution is -2.11. The number of benzene rings is 2. The van der Waals surface area contributed by atoms with Crippen LogP contribution in [0.5, 0.6) is 5.75 Å². The van der Waals surface area contributed by atoms with Crippen molar-refractivity contribution in [3.05, 3.63) is 64.7 Å². The summed E-state index contributed by atoms with van der Waals surface area (Å²) in [5, 5.41) is 9.61. The van der Waals surface area contributed by atoms with Gasteiger partial charge in [0.1, 0.15) is 5.75 Å². The summed E-state index contributed by atoms with van der Waals surface area (Å²) in [5.41, 5.74) is 4.73. The standard InChI is InChI=1S/C21H25NO/c1-15-6-11-20(23-5)17(12-15)13-18(14-22)16-7-9-19(10-8-16)21(2,3)4/h6-12,18H,13H2,1-5H3. The van der Waals surface area contributed by atoms with Crippen molar-refractivity contribution in [3.63, 3.8) is 0 Å². The Hall–Kier alpha value is -2.27. The lowest BCUT2D eigenvalue weighted by atomic mass is 9.85. The molecule has 2 rings (SSSR count). The van der Waals surface area contributed by atoms with Crippen LogP contribution in [0, 0.1) is 18.3 Å². The Morgan fingerprint density at radius 3 is 2.26 bits per heavy atom. The Labute approximate surface area is 139 Å². The number of nitriles is 1. The average Bonchev–Trinajstić information content (AvgIpc) is 2.52. The number of aryl methyl sites for hydroxylation is 1. The summed E-state index contributed by atoms with van der Waals surface area (Å²) in [4.78, 5) is 0. The fourth-order valence-corrected chi connectivity index (χ4v) is 2.74. The molecule has 0 N–H and O–H groups in total. The summed E-state index contributed by atoms with van der Waals surface area (Å²) in [7, 11) is 1.67. The molecule has 0 aliphatic carbocycles. The highest BCUT2D eigenvalue weighted by Gasteiger charge is 2.17. The Kier molecular flexibility index (Phi) is 5.11. The predicted molar refractivity (Wildman–Crippen MR) is 94.9 cm³/mol. The molecular formula is C21H25NO. The molecule has 0 aromatic heterocycles. The molecule has 2 aromatic carbocycles. The highest BCUT2D eigenvalue weighted by Crippen LogP contribution is 2.29. The van der Waals surface area contributed by atoms with E-state index < -0.39 is 0 Å². The minimum atomic E-state index is -0.167. The zero-order chi connectivity index (χ0) is 17.0. The Morgan fingerprint density at radius 2 is 1.74 bits per heavy atom. The summed E-state index contributed by atoms with van der Waals surface area (Å²) < 4.78 is 5.44. The predicted octanol–water partition coefficient (Wildman–Crippen LogP) is 5.15. The van der Waals surface area contributed by atoms with Gasteiger partial charge >= 0.3 is 0 Å². The highest BCUT2D eigenvalue weighted by molar-refractivity contribution is 5.40. The van der Waals surface area contributed by atoms with Crippen molar-refractivity contribution in [1.82, 2.24) is 0 Å². The van der Waals surface area contributed by atoms with Crippen LogP contribution in [0.4, 0.5) is 0 Å². The molecular weight excluding hydrogens is 282 g/mol. The second-order valence-electron chi connectivity index (χ2n) is 7.07. The van der Waals surface area contributed by atoms with Gasteiger partial charge in [-0.2, -0.15) is 5.26 Å². The molecule has 2 aromatic rings. The van der Waals surface area contributed by atoms with Crippen molar-refractivity contribution in [2.45, 2.75) is 45.4 Å². The molecule has 0 spiro atoms. The van der Waals surface area contributed by atoms with Crippen LogP contribution in [0.25, 0.3) is 0 Å². The molecule has 0 aliphatic heterocycles. The molecule has 0 heterocycles. The first-order valence-electron chi connectivity index (χ1n) is 7.98. The summed E-state index contributed by atoms with van der Waals surface area (Å²) in [6.45, 7) is 8.65. The van der Waals surface area contributed by atoms with E-state index in [2.05, 4.69) is 64.1 Å². The van der Waals surface area contributed by atoms with Gasteiger partial charge in [-0.05, 0) is 41.5 Å². The lowest BCUT2D eigenvalue weighted by Gasteiger charge is -2.20. The smallest absolute Gasteiger partial charge is 0.122 e. The zero-order valence-corrected chi connectivity index (χ0v) is 14.7. The van der Waals surface area contributed by atoms with E-state index >= 15 is 0 Å². The molecule has 120 valence electrons. The van der Waals surface area contributed by atoms with Gasteiger partial charge in [0.15, 0.2) is 0 Å². The molecule has 1 unspecified atom stereocenters. The van der Waals surface area contributed by atoms with Crippen LogP contribution in [-0.2, 0) is 11.8 Å². The van der Waals surface area contributed by atoms with Crippen LogP contribution in [0.2, 0.25) is 0 Å². The molecule has 0 saturated carbocycles. The quantitative estimate of drug-likeness (QED) is 0.782. The van der Waals surface area contributed by atoms with Crippen LogP contribution >= 0.6 is 0 Å². The van der Waals surface area contributed by atoms with Crippen molar-refractivity contribution in [2.24, 2.45) is 0 Å². The van der Waals surface area contributed by atoms with E-state index in [9.17, 15) is 5.26 Å². The van der Waals surface area contributed by atoms with Crippen molar-refractivity contribution < 1.29 is 4.74 Å². The normalized spacial score (nSPS) is 12.5. The minimum Gasteiger partial charge on any atom is -0.496 e. The van der Waals surface area contributed by atoms with Gasteiger partial charge in [-0.15, -0.1) is 0 Å². The maximum atomic E-state index is 9.61. The van der Waals surface area contributed by atoms with E-state index in [1.54, 1.807) is 7.11 Å². The van der Waals surface area contributed by atoms with Gasteiger partial charge in [-0.25, -0.2) is 0 Å². The van der Waals surface area contributed by atoms with Crippen LogP contribution in [0.15, 0.2) is 42.5 Å². The summed E-state index contributed by atoms with van der Waals surface area (Å²) in [6.07, 6.45) is 0.663. The number of nitrogens with zero attached hydrogens (tertiary/aromatic N) is 1. The number of methoxy groups -OCH3 is 1. The maximum Gasteiger partial charge on any atom is 0.122 e. The van der Waals surface area contributed by atoms with E-state index in [0.29, 0.717) is 6.42 Å². The molecule has 0 aliphatic rings. The molecule has 23 heavy (non-hydrogen) atoms. The van der Waals surface area contributed by atoms with E-state index in [0.717, 1.165) is 16.9 Å². The number of hydrogen-bond acceptors (Lipinski definition) is 2. The largest absolute Gasteiger partial charge is 0.496 e. The van der Waals surface area contributed by atoms with Gasteiger partial charge in [0.25, 0.3) is 0 Å². The lowest BCUT2D eigenvalue weighted by molar-refractivity contribution is 0.409. The summed E-state index contributed by atoms with van der Waals surface area (Å²) in [6, 6.07) is 17.0. The second kappa shape index (κ2) is 6.87. The second-order valence-corrected chi connectivity index (χ2v) is 7.07. The number of rotatable bonds is 4. The molecule has 1 atom stereocenters. The molecule has 0 saturated heterocycles. The van der Waals surface area contributed by atoms with Gasteiger partial charge in [-0.1, -0.05) is 62.7 Å². The molecule has 2 nitrogen and oxygen atoms in total. The van der Waals surface area contributed by atoms with Gasteiger partial charge in [0.2, 0.25) is 0 Å². The first-order chi connectivity index (χ1) is 10.8. The van der Waals surface area contributed by atoms with Gasteiger partial charge in [0, 0.05) is 0 Å². The third kappa shape index (κ3) is 4.13. The van der Waals surface area contributed by atoms with Gasteiger partial charge in [0.05, 0.1) is 19.1 Å². The number of ether oxygens (including phenoxy) is 1. The third-order valence-corrected chi connectivity index (χ3v) is 4.19. The maximum absolute atomic E-state index is 9.61. The van der Waals surface area contributed by atoms with Crippen molar-refractivity contribution in [2.75, 3.05) is 7.11 Å². The molecule has 0 bridgehead atoms. The minimum absolute atomic E-state index is 0.125. The van der Waals surface area contributed by atoms with Crippen LogP contribution in [-0.4, -0.2) is 7.11 Å². The molecule has 2 heteroatoms. The van der Waals surface area contributed by atoms with Gasteiger partial charge in [-0.3, -0.25) is 0 Å². The van der Waals surface area contributed by atoms with Crippen LogP contribution < -0.4 is 4.74 Å². The van der Waals surface area contributed by atoms with Gasteiger partial charge < -0.3 is 4.74 Å². The fourth-order valence-electron chi connectivity index (χ4n) is 2.74. The fraction of sp³-hybridized carbons (Fsp3) is 0.381. The SMILES string of the molecule is COc1ccc(C)cc1CC(C#N)c1ccc(C(C)(C)C)cc1. The average molecular weight is 307 g/mol. The van der Waals surface area contributed by atoms with Crippen LogP contribution in [0.1, 0.15) is 48.9 Å². The topological polar surface area (TPSA) is 33.0 Å². The van der Waals surface area contributed by atoms with E-state index in [1.165, 1.54) is 11.1 Å².